The van der Waals surface area contributed by atoms with Gasteiger partial charge in [0.15, 0.2) is 5.78 Å². The van der Waals surface area contributed by atoms with Crippen molar-refractivity contribution in [1.29, 1.82) is 5.41 Å². The molecule has 33 heavy (non-hydrogen) atoms. The summed E-state index contributed by atoms with van der Waals surface area (Å²) in [5.74, 6) is -3.34. The fourth-order valence-corrected chi connectivity index (χ4v) is 3.01. The van der Waals surface area contributed by atoms with Crippen LogP contribution in [0.5, 0.6) is 0 Å². The summed E-state index contributed by atoms with van der Waals surface area (Å²) in [5.41, 5.74) is 5.79. The molecule has 11 heteroatoms. The van der Waals surface area contributed by atoms with Gasteiger partial charge in [-0.2, -0.15) is 0 Å². The first-order valence-corrected chi connectivity index (χ1v) is 10.6. The van der Waals surface area contributed by atoms with Gasteiger partial charge in [0.05, 0.1) is 6.21 Å². The molecule has 10 nitrogen and oxygen atoms in total. The predicted molar refractivity (Wildman–Crippen MR) is 116 cm³/mol. The summed E-state index contributed by atoms with van der Waals surface area (Å²) in [4.78, 5) is 60.4. The Morgan fingerprint density at radius 3 is 2.18 bits per heavy atom. The second-order valence-electron chi connectivity index (χ2n) is 7.90. The molecule has 1 aromatic rings. The highest BCUT2D eigenvalue weighted by Crippen LogP contribution is 2.29. The van der Waals surface area contributed by atoms with Crippen molar-refractivity contribution in [2.45, 2.75) is 57.2 Å². The molecule has 178 valence electrons. The molecule has 2 rings (SSSR count). The van der Waals surface area contributed by atoms with Crippen LogP contribution in [-0.4, -0.2) is 47.7 Å². The molecule has 1 fully saturated rings. The zero-order valence-corrected chi connectivity index (χ0v) is 18.1. The van der Waals surface area contributed by atoms with Crippen molar-refractivity contribution in [2.24, 2.45) is 11.7 Å². The number of carbonyl (C=O) groups is 5. The Morgan fingerprint density at radius 1 is 1.00 bits per heavy atom. The molecule has 6 N–H and O–H groups in total. The van der Waals surface area contributed by atoms with Gasteiger partial charge >= 0.3 is 0 Å². The Balaban J connectivity index is 2.05. The molecule has 1 aromatic carbocycles. The monoisotopic (exact) mass is 461 g/mol. The topological polar surface area (TPSA) is 171 Å². The van der Waals surface area contributed by atoms with Crippen LogP contribution in [0, 0.1) is 17.1 Å². The first-order chi connectivity index (χ1) is 15.7. The predicted octanol–water partition coefficient (Wildman–Crippen LogP) is 0.0859. The van der Waals surface area contributed by atoms with Gasteiger partial charge in [-0.25, -0.2) is 4.39 Å². The number of primary amides is 1. The molecule has 0 radical (unpaired) electrons. The van der Waals surface area contributed by atoms with Gasteiger partial charge in [0, 0.05) is 25.3 Å². The van der Waals surface area contributed by atoms with Gasteiger partial charge in [-0.05, 0) is 43.4 Å². The van der Waals surface area contributed by atoms with Crippen LogP contribution in [0.4, 0.5) is 4.39 Å². The normalized spacial score (nSPS) is 14.5. The number of nitrogens with two attached hydrogens (primary N) is 1. The summed E-state index contributed by atoms with van der Waals surface area (Å²) in [6.07, 6.45) is 1.65. The van der Waals surface area contributed by atoms with E-state index in [4.69, 9.17) is 11.1 Å². The lowest BCUT2D eigenvalue weighted by Crippen LogP contribution is -2.54. The Morgan fingerprint density at radius 2 is 1.61 bits per heavy atom. The van der Waals surface area contributed by atoms with Crippen LogP contribution in [0.3, 0.4) is 0 Å². The fraction of sp³-hybridized carbons (Fsp3) is 0.455. The highest BCUT2D eigenvalue weighted by Gasteiger charge is 2.33. The summed E-state index contributed by atoms with van der Waals surface area (Å²) in [6, 6.07) is 3.28. The van der Waals surface area contributed by atoms with E-state index in [1.807, 2.05) is 0 Å². The lowest BCUT2D eigenvalue weighted by molar-refractivity contribution is -0.133. The minimum atomic E-state index is -1.13. The maximum absolute atomic E-state index is 13.1. The summed E-state index contributed by atoms with van der Waals surface area (Å²) in [5, 5.41) is 14.7. The average Bonchev–Trinajstić information content (AvgIpc) is 3.63. The van der Waals surface area contributed by atoms with Crippen LogP contribution in [0.15, 0.2) is 24.3 Å². The van der Waals surface area contributed by atoms with E-state index in [0.717, 1.165) is 12.8 Å². The quantitative estimate of drug-likeness (QED) is 0.247. The lowest BCUT2D eigenvalue weighted by Gasteiger charge is -2.23. The van der Waals surface area contributed by atoms with Crippen LogP contribution >= 0.6 is 0 Å². The third-order valence-corrected chi connectivity index (χ3v) is 5.11. The number of halogens is 1. The number of carbonyl (C=O) groups excluding carboxylic acids is 5. The molecule has 0 aromatic heterocycles. The maximum atomic E-state index is 13.1. The molecular weight excluding hydrogens is 433 g/mol. The average molecular weight is 461 g/mol. The Labute approximate surface area is 190 Å². The molecule has 1 aliphatic carbocycles. The minimum Gasteiger partial charge on any atom is -0.370 e. The summed E-state index contributed by atoms with van der Waals surface area (Å²) < 4.78 is 13.1. The number of nitrogens with one attached hydrogen (secondary N) is 4. The molecule has 0 heterocycles. The highest BCUT2D eigenvalue weighted by atomic mass is 19.1. The smallest absolute Gasteiger partial charge is 0.243 e. The molecule has 0 bridgehead atoms. The molecule has 1 saturated carbocycles. The first-order valence-electron chi connectivity index (χ1n) is 10.6. The van der Waals surface area contributed by atoms with Gasteiger partial charge in [0.2, 0.25) is 23.6 Å². The van der Waals surface area contributed by atoms with Gasteiger partial charge in [-0.15, -0.1) is 0 Å². The SMILES string of the molecule is N=CC(=O)CC[C@H](NC(=O)[C@H](CCC(N)=O)NC(=O)C1CC1)C(=O)NCc1ccc(F)cc1. The van der Waals surface area contributed by atoms with Crippen molar-refractivity contribution in [1.82, 2.24) is 16.0 Å². The largest absolute Gasteiger partial charge is 0.370 e. The number of amides is 4. The van der Waals surface area contributed by atoms with Crippen molar-refractivity contribution < 1.29 is 28.4 Å². The molecule has 0 unspecified atom stereocenters. The number of hydrogen-bond acceptors (Lipinski definition) is 6. The van der Waals surface area contributed by atoms with E-state index in [1.54, 1.807) is 0 Å². The van der Waals surface area contributed by atoms with Crippen molar-refractivity contribution in [2.75, 3.05) is 0 Å². The minimum absolute atomic E-state index is 0.0387. The van der Waals surface area contributed by atoms with Crippen molar-refractivity contribution in [3.63, 3.8) is 0 Å². The van der Waals surface area contributed by atoms with Crippen LogP contribution in [0.1, 0.15) is 44.1 Å². The summed E-state index contributed by atoms with van der Waals surface area (Å²) >= 11 is 0. The Hall–Kier alpha value is -3.63. The molecule has 0 saturated heterocycles. The van der Waals surface area contributed by atoms with E-state index in [1.165, 1.54) is 24.3 Å². The number of hydrogen-bond donors (Lipinski definition) is 5. The van der Waals surface area contributed by atoms with Gasteiger partial charge in [0.25, 0.3) is 0 Å². The maximum Gasteiger partial charge on any atom is 0.243 e. The third-order valence-electron chi connectivity index (χ3n) is 5.11. The zero-order valence-electron chi connectivity index (χ0n) is 18.1. The van der Waals surface area contributed by atoms with Crippen molar-refractivity contribution >= 4 is 35.6 Å². The second-order valence-corrected chi connectivity index (χ2v) is 7.90. The molecule has 0 spiro atoms. The van der Waals surface area contributed by atoms with Gasteiger partial charge in [0.1, 0.15) is 17.9 Å². The van der Waals surface area contributed by atoms with Crippen LogP contribution in [-0.2, 0) is 30.5 Å². The molecular formula is C22H28FN5O5. The lowest BCUT2D eigenvalue weighted by atomic mass is 10.1. The van der Waals surface area contributed by atoms with E-state index in [-0.39, 0.29) is 44.1 Å². The van der Waals surface area contributed by atoms with Crippen molar-refractivity contribution in [3.05, 3.63) is 35.6 Å². The van der Waals surface area contributed by atoms with Crippen LogP contribution in [0.2, 0.25) is 0 Å². The van der Waals surface area contributed by atoms with Crippen LogP contribution < -0.4 is 21.7 Å². The summed E-state index contributed by atoms with van der Waals surface area (Å²) in [6.45, 7) is 0.0630. The third kappa shape index (κ3) is 9.17. The molecule has 2 atom stereocenters. The van der Waals surface area contributed by atoms with E-state index in [2.05, 4.69) is 16.0 Å². The molecule has 1 aliphatic rings. The van der Waals surface area contributed by atoms with E-state index in [9.17, 15) is 28.4 Å². The second kappa shape index (κ2) is 12.4. The van der Waals surface area contributed by atoms with Crippen LogP contribution in [0.25, 0.3) is 0 Å². The number of Topliss-reactive ketones (excluding diaryl/α,β-unsaturated/α-hetero) is 1. The fourth-order valence-electron chi connectivity index (χ4n) is 3.01. The Bertz CT molecular complexity index is 901. The van der Waals surface area contributed by atoms with Gasteiger partial charge in [-0.1, -0.05) is 12.1 Å². The molecule has 0 aliphatic heterocycles. The number of benzene rings is 1. The van der Waals surface area contributed by atoms with Crippen molar-refractivity contribution in [3.8, 4) is 0 Å². The molecule has 4 amide bonds. The highest BCUT2D eigenvalue weighted by molar-refractivity contribution is 6.26. The number of rotatable bonds is 14. The van der Waals surface area contributed by atoms with Gasteiger partial charge < -0.3 is 27.1 Å². The number of ketones is 1. The van der Waals surface area contributed by atoms with E-state index in [0.29, 0.717) is 11.8 Å². The standard InChI is InChI=1S/C22H28FN5O5/c23-15-5-1-13(2-6-15)12-26-21(32)17(8-7-16(29)11-24)28-22(33)18(9-10-19(25)30)27-20(31)14-3-4-14/h1-2,5-6,11,14,17-18,24H,3-4,7-10,12H2,(H2,25,30)(H,26,32)(H,27,31)(H,28,33)/t17-,18-/m0/s1. The van der Waals surface area contributed by atoms with E-state index < -0.39 is 41.4 Å². The van der Waals surface area contributed by atoms with E-state index >= 15 is 0 Å². The first kappa shape index (κ1) is 25.6. The summed E-state index contributed by atoms with van der Waals surface area (Å²) in [7, 11) is 0. The zero-order chi connectivity index (χ0) is 24.4. The Kier molecular flexibility index (Phi) is 9.64. The van der Waals surface area contributed by atoms with Gasteiger partial charge in [-0.3, -0.25) is 24.0 Å².